The minimum Gasteiger partial charge on any atom is -0.493 e. The van der Waals surface area contributed by atoms with Crippen LogP contribution < -0.4 is 14.8 Å². The van der Waals surface area contributed by atoms with Crippen LogP contribution >= 0.6 is 0 Å². The molecule has 2 N–H and O–H groups in total. The van der Waals surface area contributed by atoms with E-state index in [1.54, 1.807) is 12.1 Å². The van der Waals surface area contributed by atoms with Gasteiger partial charge in [-0.25, -0.2) is 4.79 Å². The number of hydrogen-bond donors (Lipinski definition) is 2. The predicted molar refractivity (Wildman–Crippen MR) is 132 cm³/mol. The molecule has 0 saturated carbocycles. The van der Waals surface area contributed by atoms with Gasteiger partial charge in [-0.2, -0.15) is 0 Å². The molecule has 1 amide bonds. The first-order chi connectivity index (χ1) is 18.2. The number of hydrogen-bond acceptors (Lipinski definition) is 9. The SMILES string of the molecule is COc1cc(C(C)=O)ccc1OC1OC2COC(c3ccccc3)OC2C(OC(C)C(=O)O)C1NC(C)=O. The maximum absolute atomic E-state index is 12.2. The van der Waals surface area contributed by atoms with E-state index < -0.39 is 54.9 Å². The van der Waals surface area contributed by atoms with Gasteiger partial charge in [0, 0.05) is 18.1 Å². The third-order valence-corrected chi connectivity index (χ3v) is 6.30. The average Bonchev–Trinajstić information content (AvgIpc) is 2.90. The predicted octanol–water partition coefficient (Wildman–Crippen LogP) is 2.48. The molecular formula is C27H31NO10. The number of fused-ring (bicyclic) bond motifs is 1. The highest BCUT2D eigenvalue weighted by Crippen LogP contribution is 2.38. The summed E-state index contributed by atoms with van der Waals surface area (Å²) in [6.45, 7) is 4.24. The number of carboxylic acids is 1. The number of benzene rings is 2. The topological polar surface area (TPSA) is 139 Å². The van der Waals surface area contributed by atoms with Crippen molar-refractivity contribution in [3.63, 3.8) is 0 Å². The largest absolute Gasteiger partial charge is 0.493 e. The van der Waals surface area contributed by atoms with E-state index in [1.165, 1.54) is 33.9 Å². The summed E-state index contributed by atoms with van der Waals surface area (Å²) in [4.78, 5) is 35.8. The van der Waals surface area contributed by atoms with Gasteiger partial charge >= 0.3 is 5.97 Å². The van der Waals surface area contributed by atoms with Gasteiger partial charge in [-0.1, -0.05) is 30.3 Å². The Balaban J connectivity index is 1.67. The average molecular weight is 530 g/mol. The second kappa shape index (κ2) is 11.9. The normalized spacial score (nSPS) is 27.5. The minimum absolute atomic E-state index is 0.0958. The third kappa shape index (κ3) is 6.13. The van der Waals surface area contributed by atoms with Crippen molar-refractivity contribution in [2.45, 2.75) is 63.8 Å². The van der Waals surface area contributed by atoms with E-state index >= 15 is 0 Å². The zero-order valence-electron chi connectivity index (χ0n) is 21.5. The van der Waals surface area contributed by atoms with Crippen molar-refractivity contribution in [2.24, 2.45) is 0 Å². The van der Waals surface area contributed by atoms with Crippen molar-refractivity contribution < 1.29 is 47.9 Å². The number of carboxylic acid groups (broad SMARTS) is 1. The van der Waals surface area contributed by atoms with E-state index in [1.807, 2.05) is 30.3 Å². The molecule has 0 radical (unpaired) electrons. The number of ketones is 1. The van der Waals surface area contributed by atoms with Crippen molar-refractivity contribution in [3.8, 4) is 11.5 Å². The van der Waals surface area contributed by atoms with Gasteiger partial charge < -0.3 is 38.8 Å². The van der Waals surface area contributed by atoms with Crippen LogP contribution in [0.15, 0.2) is 48.5 Å². The summed E-state index contributed by atoms with van der Waals surface area (Å²) in [6.07, 6.45) is -5.59. The van der Waals surface area contributed by atoms with Crippen LogP contribution in [0.3, 0.4) is 0 Å². The van der Waals surface area contributed by atoms with Gasteiger partial charge in [-0.05, 0) is 32.0 Å². The molecule has 2 fully saturated rings. The number of carbonyl (C=O) groups is 3. The molecule has 11 nitrogen and oxygen atoms in total. The van der Waals surface area contributed by atoms with Crippen molar-refractivity contribution in [1.82, 2.24) is 5.32 Å². The Hall–Kier alpha value is -3.51. The zero-order chi connectivity index (χ0) is 27.4. The second-order valence-corrected chi connectivity index (χ2v) is 9.07. The van der Waals surface area contributed by atoms with Gasteiger partial charge in [0.25, 0.3) is 0 Å². The molecule has 2 aliphatic rings. The molecule has 204 valence electrons. The lowest BCUT2D eigenvalue weighted by Crippen LogP contribution is -2.68. The third-order valence-electron chi connectivity index (χ3n) is 6.30. The van der Waals surface area contributed by atoms with E-state index in [9.17, 15) is 19.5 Å². The van der Waals surface area contributed by atoms with Crippen LogP contribution in [-0.4, -0.2) is 73.2 Å². The number of carbonyl (C=O) groups excluding carboxylic acids is 2. The van der Waals surface area contributed by atoms with Crippen LogP contribution in [0.1, 0.15) is 43.0 Å². The Morgan fingerprint density at radius 3 is 2.42 bits per heavy atom. The van der Waals surface area contributed by atoms with Gasteiger partial charge in [-0.3, -0.25) is 9.59 Å². The summed E-state index contributed by atoms with van der Waals surface area (Å²) in [5.74, 6) is -1.21. The van der Waals surface area contributed by atoms with Crippen LogP contribution in [0, 0.1) is 0 Å². The van der Waals surface area contributed by atoms with Gasteiger partial charge in [0.15, 0.2) is 29.7 Å². The lowest BCUT2D eigenvalue weighted by atomic mass is 9.95. The van der Waals surface area contributed by atoms with Crippen molar-refractivity contribution >= 4 is 17.7 Å². The Morgan fingerprint density at radius 2 is 1.79 bits per heavy atom. The molecule has 2 aromatic carbocycles. The van der Waals surface area contributed by atoms with E-state index in [-0.39, 0.29) is 23.9 Å². The van der Waals surface area contributed by atoms with E-state index in [0.717, 1.165) is 5.56 Å². The molecule has 11 heteroatoms. The molecule has 38 heavy (non-hydrogen) atoms. The molecule has 0 aliphatic carbocycles. The molecule has 0 spiro atoms. The molecule has 2 aromatic rings. The second-order valence-electron chi connectivity index (χ2n) is 9.07. The number of Topliss-reactive ketones (excluding diaryl/α,β-unsaturated/α-hetero) is 1. The lowest BCUT2D eigenvalue weighted by Gasteiger charge is -2.49. The Morgan fingerprint density at radius 1 is 1.05 bits per heavy atom. The first-order valence-corrected chi connectivity index (χ1v) is 12.2. The van der Waals surface area contributed by atoms with E-state index in [4.69, 9.17) is 28.4 Å². The first kappa shape index (κ1) is 27.5. The highest BCUT2D eigenvalue weighted by molar-refractivity contribution is 5.94. The van der Waals surface area contributed by atoms with Gasteiger partial charge in [-0.15, -0.1) is 0 Å². The van der Waals surface area contributed by atoms with E-state index in [0.29, 0.717) is 5.56 Å². The molecule has 0 bridgehead atoms. The smallest absolute Gasteiger partial charge is 0.332 e. The van der Waals surface area contributed by atoms with Crippen molar-refractivity contribution in [3.05, 3.63) is 59.7 Å². The molecule has 2 heterocycles. The van der Waals surface area contributed by atoms with Gasteiger partial charge in [0.2, 0.25) is 12.2 Å². The molecule has 2 saturated heterocycles. The van der Waals surface area contributed by atoms with Crippen molar-refractivity contribution in [1.29, 1.82) is 0 Å². The standard InChI is InChI=1S/C27H31NO10/c1-14(29)18-10-11-19(20(12-18)33-4)36-27-22(28-16(3)30)24(35-15(2)25(31)32)23-21(37-27)13-34-26(38-23)17-8-6-5-7-9-17/h5-12,15,21-24,26-27H,13H2,1-4H3,(H,28,30)(H,31,32). The van der Waals surface area contributed by atoms with Gasteiger partial charge in [0.1, 0.15) is 24.4 Å². The molecule has 7 unspecified atom stereocenters. The Labute approximate surface area is 219 Å². The number of ether oxygens (including phenoxy) is 6. The molecule has 2 aliphatic heterocycles. The number of rotatable bonds is 9. The zero-order valence-corrected chi connectivity index (χ0v) is 21.5. The van der Waals surface area contributed by atoms with Crippen LogP contribution in [0.25, 0.3) is 0 Å². The van der Waals surface area contributed by atoms with Crippen LogP contribution in [0.5, 0.6) is 11.5 Å². The number of aliphatic carboxylic acids is 1. The van der Waals surface area contributed by atoms with Crippen LogP contribution in [0.4, 0.5) is 0 Å². The van der Waals surface area contributed by atoms with Crippen molar-refractivity contribution in [2.75, 3.05) is 13.7 Å². The molecule has 7 atom stereocenters. The highest BCUT2D eigenvalue weighted by Gasteiger charge is 2.53. The number of nitrogens with one attached hydrogen (secondary N) is 1. The van der Waals surface area contributed by atoms with Crippen LogP contribution in [0.2, 0.25) is 0 Å². The molecule has 0 aromatic heterocycles. The summed E-state index contributed by atoms with van der Waals surface area (Å²) in [6, 6.07) is 13.0. The van der Waals surface area contributed by atoms with Gasteiger partial charge in [0.05, 0.1) is 13.7 Å². The minimum atomic E-state index is -1.22. The van der Waals surface area contributed by atoms with Crippen LogP contribution in [-0.2, 0) is 28.5 Å². The molecular weight excluding hydrogens is 498 g/mol. The summed E-state index contributed by atoms with van der Waals surface area (Å²) >= 11 is 0. The Kier molecular flexibility index (Phi) is 8.62. The Bertz CT molecular complexity index is 1160. The fraction of sp³-hybridized carbons (Fsp3) is 0.444. The number of amides is 1. The summed E-state index contributed by atoms with van der Waals surface area (Å²) in [7, 11) is 1.43. The summed E-state index contributed by atoms with van der Waals surface area (Å²) in [5.41, 5.74) is 1.19. The number of methoxy groups -OCH3 is 1. The maximum Gasteiger partial charge on any atom is 0.332 e. The fourth-order valence-corrected chi connectivity index (χ4v) is 4.40. The molecule has 4 rings (SSSR count). The quantitative estimate of drug-likeness (QED) is 0.466. The summed E-state index contributed by atoms with van der Waals surface area (Å²) < 4.78 is 35.9. The summed E-state index contributed by atoms with van der Waals surface area (Å²) in [5, 5.41) is 12.3. The fourth-order valence-electron chi connectivity index (χ4n) is 4.40. The highest BCUT2D eigenvalue weighted by atomic mass is 16.8. The monoisotopic (exact) mass is 529 g/mol. The lowest BCUT2D eigenvalue weighted by molar-refractivity contribution is -0.340. The van der Waals surface area contributed by atoms with E-state index in [2.05, 4.69) is 5.32 Å². The maximum atomic E-state index is 12.2. The first-order valence-electron chi connectivity index (χ1n) is 12.2.